The van der Waals surface area contributed by atoms with Crippen LogP contribution in [0.4, 0.5) is 4.79 Å². The lowest BCUT2D eigenvalue weighted by Gasteiger charge is -2.13. The van der Waals surface area contributed by atoms with Crippen LogP contribution in [0.25, 0.3) is 0 Å². The van der Waals surface area contributed by atoms with Gasteiger partial charge >= 0.3 is 6.03 Å². The summed E-state index contributed by atoms with van der Waals surface area (Å²) in [7, 11) is 0. The van der Waals surface area contributed by atoms with E-state index in [2.05, 4.69) is 16.2 Å². The van der Waals surface area contributed by atoms with Crippen molar-refractivity contribution in [3.63, 3.8) is 0 Å². The number of carbonyl (C=O) groups is 2. The minimum Gasteiger partial charge on any atom is -0.457 e. The Balaban J connectivity index is 2.02. The Morgan fingerprint density at radius 3 is 2.40 bits per heavy atom. The summed E-state index contributed by atoms with van der Waals surface area (Å²) < 4.78 is 5.98. The molecule has 0 heterocycles. The first-order valence-corrected chi connectivity index (χ1v) is 8.15. The Morgan fingerprint density at radius 1 is 0.960 bits per heavy atom. The number of hydrazine groups is 1. The van der Waals surface area contributed by atoms with Gasteiger partial charge in [-0.25, -0.2) is 10.2 Å². The van der Waals surface area contributed by atoms with Gasteiger partial charge in [0.05, 0.1) is 6.42 Å². The van der Waals surface area contributed by atoms with Gasteiger partial charge in [0.1, 0.15) is 11.5 Å². The van der Waals surface area contributed by atoms with Gasteiger partial charge in [-0.3, -0.25) is 10.2 Å². The number of aryl methyl sites for hydroxylation is 2. The maximum atomic E-state index is 11.9. The van der Waals surface area contributed by atoms with Crippen molar-refractivity contribution < 1.29 is 14.3 Å². The lowest BCUT2D eigenvalue weighted by atomic mass is 10.1. The molecule has 0 aliphatic carbocycles. The van der Waals surface area contributed by atoms with E-state index in [-0.39, 0.29) is 12.3 Å². The fourth-order valence-electron chi connectivity index (χ4n) is 2.21. The molecular weight excluding hydrogens is 318 g/mol. The average Bonchev–Trinajstić information content (AvgIpc) is 2.58. The third kappa shape index (κ3) is 5.53. The Morgan fingerprint density at radius 2 is 1.68 bits per heavy atom. The zero-order valence-corrected chi connectivity index (χ0v) is 14.7. The number of urea groups is 1. The number of benzene rings is 2. The summed E-state index contributed by atoms with van der Waals surface area (Å²) in [5.74, 6) is 1.18. The molecule has 0 saturated heterocycles. The maximum absolute atomic E-state index is 11.9. The SMILES string of the molecule is CCNC(=O)NNC(=O)Cc1ccc(C)c(Oc2ccccc2C)c1. The van der Waals surface area contributed by atoms with Gasteiger partial charge in [-0.15, -0.1) is 0 Å². The maximum Gasteiger partial charge on any atom is 0.333 e. The fourth-order valence-corrected chi connectivity index (χ4v) is 2.21. The molecular formula is C19H23N3O3. The third-order valence-electron chi connectivity index (χ3n) is 3.58. The predicted octanol–water partition coefficient (Wildman–Crippen LogP) is 2.99. The highest BCUT2D eigenvalue weighted by Crippen LogP contribution is 2.28. The molecule has 3 amide bonds. The summed E-state index contributed by atoms with van der Waals surface area (Å²) in [6, 6.07) is 12.9. The number of ether oxygens (including phenoxy) is 1. The van der Waals surface area contributed by atoms with Crippen molar-refractivity contribution in [3.8, 4) is 11.5 Å². The highest BCUT2D eigenvalue weighted by atomic mass is 16.5. The summed E-state index contributed by atoms with van der Waals surface area (Å²) in [6.07, 6.45) is 0.136. The normalized spacial score (nSPS) is 10.0. The van der Waals surface area contributed by atoms with Crippen molar-refractivity contribution in [1.29, 1.82) is 0 Å². The molecule has 25 heavy (non-hydrogen) atoms. The number of hydrogen-bond acceptors (Lipinski definition) is 3. The first-order chi connectivity index (χ1) is 12.0. The summed E-state index contributed by atoms with van der Waals surface area (Å²) in [5.41, 5.74) is 7.48. The molecule has 0 fully saturated rings. The monoisotopic (exact) mass is 341 g/mol. The number of carbonyl (C=O) groups excluding carboxylic acids is 2. The van der Waals surface area contributed by atoms with E-state index in [0.717, 1.165) is 22.4 Å². The first kappa shape index (κ1) is 18.3. The van der Waals surface area contributed by atoms with Crippen LogP contribution in [-0.4, -0.2) is 18.5 Å². The molecule has 0 aromatic heterocycles. The fraction of sp³-hybridized carbons (Fsp3) is 0.263. The highest BCUT2D eigenvalue weighted by molar-refractivity contribution is 5.82. The van der Waals surface area contributed by atoms with Crippen molar-refractivity contribution >= 4 is 11.9 Å². The van der Waals surface area contributed by atoms with Gasteiger partial charge in [0, 0.05) is 6.54 Å². The summed E-state index contributed by atoms with van der Waals surface area (Å²) in [6.45, 7) is 6.21. The van der Waals surface area contributed by atoms with Crippen LogP contribution in [0.3, 0.4) is 0 Å². The molecule has 0 aliphatic rings. The largest absolute Gasteiger partial charge is 0.457 e. The molecule has 3 N–H and O–H groups in total. The summed E-state index contributed by atoms with van der Waals surface area (Å²) in [4.78, 5) is 23.2. The quantitative estimate of drug-likeness (QED) is 0.732. The van der Waals surface area contributed by atoms with E-state index in [9.17, 15) is 9.59 Å². The first-order valence-electron chi connectivity index (χ1n) is 8.15. The molecule has 0 aliphatic heterocycles. The second-order valence-corrected chi connectivity index (χ2v) is 5.68. The summed E-state index contributed by atoms with van der Waals surface area (Å²) >= 11 is 0. The summed E-state index contributed by atoms with van der Waals surface area (Å²) in [5, 5.41) is 2.53. The zero-order valence-electron chi connectivity index (χ0n) is 14.7. The molecule has 0 spiro atoms. The van der Waals surface area contributed by atoms with Crippen LogP contribution in [0.5, 0.6) is 11.5 Å². The lowest BCUT2D eigenvalue weighted by Crippen LogP contribution is -2.47. The number of nitrogens with one attached hydrogen (secondary N) is 3. The molecule has 2 aromatic carbocycles. The van der Waals surface area contributed by atoms with Crippen molar-refractivity contribution in [1.82, 2.24) is 16.2 Å². The predicted molar refractivity (Wildman–Crippen MR) is 96.5 cm³/mol. The van der Waals surface area contributed by atoms with Gasteiger partial charge in [-0.1, -0.05) is 30.3 Å². The number of amides is 3. The Labute approximate surface area is 147 Å². The lowest BCUT2D eigenvalue weighted by molar-refractivity contribution is -0.121. The van der Waals surface area contributed by atoms with E-state index in [1.165, 1.54) is 0 Å². The number of para-hydroxylation sites is 1. The van der Waals surface area contributed by atoms with Crippen LogP contribution in [0.2, 0.25) is 0 Å². The molecule has 0 unspecified atom stereocenters. The van der Waals surface area contributed by atoms with E-state index in [1.807, 2.05) is 56.3 Å². The van der Waals surface area contributed by atoms with Crippen LogP contribution in [0, 0.1) is 13.8 Å². The van der Waals surface area contributed by atoms with Crippen molar-refractivity contribution in [2.75, 3.05) is 6.54 Å². The molecule has 132 valence electrons. The molecule has 0 bridgehead atoms. The topological polar surface area (TPSA) is 79.5 Å². The molecule has 6 nitrogen and oxygen atoms in total. The van der Waals surface area contributed by atoms with Gasteiger partial charge in [0.2, 0.25) is 5.91 Å². The number of hydrogen-bond donors (Lipinski definition) is 3. The van der Waals surface area contributed by atoms with Crippen molar-refractivity contribution in [2.45, 2.75) is 27.2 Å². The minimum atomic E-state index is -0.441. The Hall–Kier alpha value is -3.02. The molecule has 2 rings (SSSR count). The molecule has 0 saturated carbocycles. The van der Waals surface area contributed by atoms with Crippen LogP contribution >= 0.6 is 0 Å². The van der Waals surface area contributed by atoms with Crippen molar-refractivity contribution in [3.05, 3.63) is 59.2 Å². The average molecular weight is 341 g/mol. The van der Waals surface area contributed by atoms with Crippen LogP contribution in [0.15, 0.2) is 42.5 Å². The van der Waals surface area contributed by atoms with Gasteiger partial charge < -0.3 is 10.1 Å². The van der Waals surface area contributed by atoms with E-state index in [0.29, 0.717) is 12.3 Å². The van der Waals surface area contributed by atoms with Crippen LogP contribution < -0.4 is 20.9 Å². The van der Waals surface area contributed by atoms with Crippen molar-refractivity contribution in [2.24, 2.45) is 0 Å². The van der Waals surface area contributed by atoms with Crippen LogP contribution in [-0.2, 0) is 11.2 Å². The smallest absolute Gasteiger partial charge is 0.333 e. The molecule has 0 atom stereocenters. The molecule has 0 radical (unpaired) electrons. The van der Waals surface area contributed by atoms with E-state index < -0.39 is 6.03 Å². The minimum absolute atomic E-state index is 0.136. The highest BCUT2D eigenvalue weighted by Gasteiger charge is 2.09. The molecule has 6 heteroatoms. The van der Waals surface area contributed by atoms with Crippen LogP contribution in [0.1, 0.15) is 23.6 Å². The van der Waals surface area contributed by atoms with Gasteiger partial charge in [0.25, 0.3) is 0 Å². The van der Waals surface area contributed by atoms with Gasteiger partial charge in [0.15, 0.2) is 0 Å². The number of rotatable bonds is 5. The second kappa shape index (κ2) is 8.73. The zero-order chi connectivity index (χ0) is 18.2. The Bertz CT molecular complexity index is 759. The van der Waals surface area contributed by atoms with Gasteiger partial charge in [-0.05, 0) is 49.6 Å². The van der Waals surface area contributed by atoms with E-state index in [1.54, 1.807) is 6.92 Å². The molecule has 2 aromatic rings. The van der Waals surface area contributed by atoms with E-state index >= 15 is 0 Å². The third-order valence-corrected chi connectivity index (χ3v) is 3.58. The second-order valence-electron chi connectivity index (χ2n) is 5.68. The standard InChI is InChI=1S/C19H23N3O3/c1-4-20-19(24)22-21-18(23)12-15-10-9-14(3)17(11-15)25-16-8-6-5-7-13(16)2/h5-11H,4,12H2,1-3H3,(H,21,23)(H2,20,22,24). The Kier molecular flexibility index (Phi) is 6.39. The van der Waals surface area contributed by atoms with Gasteiger partial charge in [-0.2, -0.15) is 0 Å². The van der Waals surface area contributed by atoms with E-state index in [4.69, 9.17) is 4.74 Å².